The van der Waals surface area contributed by atoms with E-state index < -0.39 is 40.1 Å². The van der Waals surface area contributed by atoms with E-state index in [0.29, 0.717) is 6.07 Å². The smallest absolute Gasteiger partial charge is 0.292 e. The SMILES string of the molecule is O=C1c2ccc(F)cc2C(=O)C(O)(O)C1(O)O. The van der Waals surface area contributed by atoms with Gasteiger partial charge in [0.15, 0.2) is 0 Å². The van der Waals surface area contributed by atoms with E-state index in [1.54, 1.807) is 0 Å². The summed E-state index contributed by atoms with van der Waals surface area (Å²) in [6, 6.07) is 2.31. The third-order valence-electron chi connectivity index (χ3n) is 2.59. The number of fused-ring (bicyclic) bond motifs is 1. The molecule has 0 saturated heterocycles. The Morgan fingerprint density at radius 2 is 1.35 bits per heavy atom. The van der Waals surface area contributed by atoms with Gasteiger partial charge >= 0.3 is 0 Å². The van der Waals surface area contributed by atoms with Crippen LogP contribution in [-0.2, 0) is 0 Å². The Bertz CT molecular complexity index is 534. The Balaban J connectivity index is 2.77. The second-order valence-corrected chi connectivity index (χ2v) is 3.69. The average Bonchev–Trinajstić information content (AvgIpc) is 2.25. The van der Waals surface area contributed by atoms with Crippen molar-refractivity contribution in [1.29, 1.82) is 0 Å². The van der Waals surface area contributed by atoms with E-state index >= 15 is 0 Å². The molecule has 0 radical (unpaired) electrons. The van der Waals surface area contributed by atoms with Crippen LogP contribution >= 0.6 is 0 Å². The standard InChI is InChI=1S/C10H7FO6/c11-4-1-2-5-6(3-4)8(13)10(16,17)9(14,15)7(5)12/h1-3,14-17H. The van der Waals surface area contributed by atoms with Gasteiger partial charge in [0.25, 0.3) is 11.6 Å². The van der Waals surface area contributed by atoms with Crippen molar-refractivity contribution in [3.63, 3.8) is 0 Å². The lowest BCUT2D eigenvalue weighted by atomic mass is 9.80. The lowest BCUT2D eigenvalue weighted by Gasteiger charge is -2.36. The molecule has 90 valence electrons. The summed E-state index contributed by atoms with van der Waals surface area (Å²) < 4.78 is 12.9. The van der Waals surface area contributed by atoms with Crippen LogP contribution in [0.15, 0.2) is 18.2 Å². The van der Waals surface area contributed by atoms with E-state index in [9.17, 15) is 34.4 Å². The molecule has 0 unspecified atom stereocenters. The highest BCUT2D eigenvalue weighted by Gasteiger charge is 2.62. The zero-order valence-corrected chi connectivity index (χ0v) is 8.22. The number of hydrogen-bond acceptors (Lipinski definition) is 6. The fourth-order valence-electron chi connectivity index (χ4n) is 1.59. The Hall–Kier alpha value is -1.67. The van der Waals surface area contributed by atoms with Crippen molar-refractivity contribution in [2.24, 2.45) is 0 Å². The van der Waals surface area contributed by atoms with Gasteiger partial charge in [0.2, 0.25) is 11.6 Å². The number of hydrogen-bond donors (Lipinski definition) is 4. The lowest BCUT2D eigenvalue weighted by molar-refractivity contribution is -0.299. The van der Waals surface area contributed by atoms with Gasteiger partial charge < -0.3 is 20.4 Å². The normalized spacial score (nSPS) is 21.2. The first-order chi connectivity index (χ1) is 7.69. The second kappa shape index (κ2) is 3.17. The number of carbonyl (C=O) groups excluding carboxylic acids is 2. The maximum atomic E-state index is 12.9. The first kappa shape index (κ1) is 11.8. The molecule has 0 aliphatic heterocycles. The third-order valence-corrected chi connectivity index (χ3v) is 2.59. The van der Waals surface area contributed by atoms with Gasteiger partial charge in [-0.25, -0.2) is 4.39 Å². The van der Waals surface area contributed by atoms with Crippen molar-refractivity contribution in [2.75, 3.05) is 0 Å². The summed E-state index contributed by atoms with van der Waals surface area (Å²) in [4.78, 5) is 23.0. The molecule has 1 aromatic rings. The summed E-state index contributed by atoms with van der Waals surface area (Å²) in [5.41, 5.74) is -1.10. The zero-order valence-electron chi connectivity index (χ0n) is 8.22. The molecule has 0 aromatic heterocycles. The summed E-state index contributed by atoms with van der Waals surface area (Å²) in [7, 11) is 0. The van der Waals surface area contributed by atoms with Crippen LogP contribution in [0.4, 0.5) is 4.39 Å². The van der Waals surface area contributed by atoms with Crippen molar-refractivity contribution in [3.05, 3.63) is 35.1 Å². The molecule has 0 amide bonds. The minimum atomic E-state index is -3.70. The fraction of sp³-hybridized carbons (Fsp3) is 0.200. The highest BCUT2D eigenvalue weighted by molar-refractivity contribution is 6.20. The third kappa shape index (κ3) is 1.34. The average molecular weight is 242 g/mol. The van der Waals surface area contributed by atoms with Gasteiger partial charge in [-0.15, -0.1) is 0 Å². The van der Waals surface area contributed by atoms with Crippen LogP contribution in [0.5, 0.6) is 0 Å². The monoisotopic (exact) mass is 242 g/mol. The van der Waals surface area contributed by atoms with Crippen LogP contribution in [0, 0.1) is 5.82 Å². The molecule has 4 N–H and O–H groups in total. The molecule has 0 atom stereocenters. The van der Waals surface area contributed by atoms with E-state index in [0.717, 1.165) is 12.1 Å². The predicted octanol–water partition coefficient (Wildman–Crippen LogP) is -1.43. The van der Waals surface area contributed by atoms with E-state index in [1.807, 2.05) is 0 Å². The molecule has 7 heteroatoms. The van der Waals surface area contributed by atoms with Crippen molar-refractivity contribution >= 4 is 11.6 Å². The molecule has 6 nitrogen and oxygen atoms in total. The molecule has 1 aromatic carbocycles. The van der Waals surface area contributed by atoms with Crippen LogP contribution in [0.3, 0.4) is 0 Å². The molecule has 0 heterocycles. The van der Waals surface area contributed by atoms with Gasteiger partial charge in [0.05, 0.1) is 0 Å². The van der Waals surface area contributed by atoms with Gasteiger partial charge in [-0.1, -0.05) is 0 Å². The molecular weight excluding hydrogens is 235 g/mol. The van der Waals surface area contributed by atoms with Gasteiger partial charge in [0, 0.05) is 11.1 Å². The topological polar surface area (TPSA) is 115 Å². The van der Waals surface area contributed by atoms with Gasteiger partial charge in [-0.2, -0.15) is 0 Å². The number of benzene rings is 1. The van der Waals surface area contributed by atoms with Gasteiger partial charge in [0.1, 0.15) is 5.82 Å². The van der Waals surface area contributed by atoms with E-state index in [1.165, 1.54) is 0 Å². The maximum Gasteiger partial charge on any atom is 0.292 e. The maximum absolute atomic E-state index is 12.9. The van der Waals surface area contributed by atoms with Crippen LogP contribution in [-0.4, -0.2) is 43.6 Å². The summed E-state index contributed by atoms with van der Waals surface area (Å²) in [6.07, 6.45) is 0. The zero-order chi connectivity index (χ0) is 13.0. The number of ketones is 2. The highest BCUT2D eigenvalue weighted by atomic mass is 19.1. The van der Waals surface area contributed by atoms with E-state index in [2.05, 4.69) is 0 Å². The van der Waals surface area contributed by atoms with Crippen LogP contribution < -0.4 is 0 Å². The van der Waals surface area contributed by atoms with E-state index in [-0.39, 0.29) is 0 Å². The molecule has 0 bridgehead atoms. The Kier molecular flexibility index (Phi) is 2.20. The molecule has 0 fully saturated rings. The van der Waals surface area contributed by atoms with Crippen molar-refractivity contribution in [1.82, 2.24) is 0 Å². The fourth-order valence-corrected chi connectivity index (χ4v) is 1.59. The first-order valence-corrected chi connectivity index (χ1v) is 4.48. The Morgan fingerprint density at radius 3 is 1.88 bits per heavy atom. The Morgan fingerprint density at radius 1 is 0.882 bits per heavy atom. The number of carbonyl (C=O) groups is 2. The summed E-state index contributed by atoms with van der Waals surface area (Å²) in [5.74, 6) is -11.3. The minimum absolute atomic E-state index is 0.486. The quantitative estimate of drug-likeness (QED) is 0.414. The minimum Gasteiger partial charge on any atom is -0.355 e. The van der Waals surface area contributed by atoms with Crippen LogP contribution in [0.2, 0.25) is 0 Å². The molecule has 17 heavy (non-hydrogen) atoms. The second-order valence-electron chi connectivity index (χ2n) is 3.69. The van der Waals surface area contributed by atoms with Crippen LogP contribution in [0.1, 0.15) is 20.7 Å². The highest BCUT2D eigenvalue weighted by Crippen LogP contribution is 2.33. The number of halogens is 1. The lowest BCUT2D eigenvalue weighted by Crippen LogP contribution is -2.66. The van der Waals surface area contributed by atoms with Crippen molar-refractivity contribution in [3.8, 4) is 0 Å². The number of aliphatic hydroxyl groups is 4. The van der Waals surface area contributed by atoms with Crippen molar-refractivity contribution in [2.45, 2.75) is 11.6 Å². The Labute approximate surface area is 93.6 Å². The first-order valence-electron chi connectivity index (χ1n) is 4.48. The van der Waals surface area contributed by atoms with E-state index in [4.69, 9.17) is 0 Å². The summed E-state index contributed by atoms with van der Waals surface area (Å²) >= 11 is 0. The van der Waals surface area contributed by atoms with Crippen LogP contribution in [0.25, 0.3) is 0 Å². The largest absolute Gasteiger partial charge is 0.355 e. The molecule has 2 rings (SSSR count). The van der Waals surface area contributed by atoms with Crippen molar-refractivity contribution < 1.29 is 34.4 Å². The molecule has 0 spiro atoms. The summed E-state index contributed by atoms with van der Waals surface area (Å²) in [5, 5.41) is 37.0. The molecule has 0 saturated carbocycles. The molecule has 1 aliphatic rings. The number of Topliss-reactive ketones (excluding diaryl/α,β-unsaturated/α-hetero) is 2. The van der Waals surface area contributed by atoms with Gasteiger partial charge in [-0.05, 0) is 18.2 Å². The molecule has 1 aliphatic carbocycles. The van der Waals surface area contributed by atoms with Gasteiger partial charge in [-0.3, -0.25) is 9.59 Å². The molecular formula is C10H7FO6. The predicted molar refractivity (Wildman–Crippen MR) is 49.4 cm³/mol. The summed E-state index contributed by atoms with van der Waals surface area (Å²) in [6.45, 7) is 0. The number of rotatable bonds is 0.